The third-order valence-electron chi connectivity index (χ3n) is 13.2. The molecule has 2 heterocycles. The summed E-state index contributed by atoms with van der Waals surface area (Å²) in [7, 11) is 0. The minimum atomic E-state index is -1.84. The predicted molar refractivity (Wildman–Crippen MR) is 274 cm³/mol. The van der Waals surface area contributed by atoms with Crippen molar-refractivity contribution in [3.05, 3.63) is 29.8 Å². The molecule has 76 heavy (non-hydrogen) atoms. The third kappa shape index (κ3) is 22.5. The Morgan fingerprint density at radius 2 is 1.16 bits per heavy atom. The number of rotatable bonds is 23. The first-order chi connectivity index (χ1) is 36.0. The number of primary amides is 2. The number of hydrogen-bond donors (Lipinski definition) is 13. The minimum absolute atomic E-state index is 0.0151. The molecule has 0 radical (unpaired) electrons. The lowest BCUT2D eigenvalue weighted by molar-refractivity contribution is -0.143. The van der Waals surface area contributed by atoms with Gasteiger partial charge in [0.2, 0.25) is 59.1 Å². The second-order valence-corrected chi connectivity index (χ2v) is 20.2. The molecule has 25 nitrogen and oxygen atoms in total. The zero-order chi connectivity index (χ0) is 56.5. The Morgan fingerprint density at radius 1 is 0.632 bits per heavy atom. The molecule has 0 aliphatic carbocycles. The summed E-state index contributed by atoms with van der Waals surface area (Å²) in [6, 6.07) is -7.32. The van der Waals surface area contributed by atoms with Gasteiger partial charge in [-0.05, 0) is 56.2 Å². The standard InChI is InChI=1S/C51H80N10O15/c1-29(2)14-11-9-7-5-4-6-8-10-12-15-32-25-42(67)55-36(26-40(52)65)47(72)57-35(24-31-17-19-33(64)20-18-31)46(71)58-37(27-41(53)66)51(76)61-23-13-16-39(61)49(74)56-34(21-22-43(68)69)45(70)59-38(28-62)48(73)60-44(30(3)63)50(75)54-32/h17-20,29-30,32,34-39,44,62-64H,4-16,21-28H2,1-3H3,(H2,52,65)(H2,53,66)(H,54,75)(H,55,67)(H,56,74)(H,57,72)(H,58,71)(H,59,70)(H,60,73)(H,68,69)/t30-,32+,34-,35+,36-,37+,38+,39-,44-/m0/s1. The maximum absolute atomic E-state index is 14.3. The molecule has 0 bridgehead atoms. The van der Waals surface area contributed by atoms with Crippen molar-refractivity contribution >= 4 is 65.0 Å². The highest BCUT2D eigenvalue weighted by Crippen LogP contribution is 2.21. The molecule has 2 fully saturated rings. The van der Waals surface area contributed by atoms with Gasteiger partial charge in [-0.15, -0.1) is 0 Å². The molecule has 0 aromatic heterocycles. The van der Waals surface area contributed by atoms with Gasteiger partial charge in [-0.1, -0.05) is 90.2 Å². The van der Waals surface area contributed by atoms with Crippen LogP contribution in [0.1, 0.15) is 142 Å². The summed E-state index contributed by atoms with van der Waals surface area (Å²) in [6.45, 7) is 4.38. The van der Waals surface area contributed by atoms with E-state index in [2.05, 4.69) is 51.1 Å². The van der Waals surface area contributed by atoms with E-state index >= 15 is 0 Å². The molecule has 1 aromatic rings. The van der Waals surface area contributed by atoms with Crippen molar-refractivity contribution < 1.29 is 73.2 Å². The van der Waals surface area contributed by atoms with Gasteiger partial charge in [-0.25, -0.2) is 0 Å². The van der Waals surface area contributed by atoms with Gasteiger partial charge < -0.3 is 74.0 Å². The van der Waals surface area contributed by atoms with Gasteiger partial charge in [-0.2, -0.15) is 0 Å². The molecule has 3 rings (SSSR count). The molecule has 0 spiro atoms. The van der Waals surface area contributed by atoms with Crippen LogP contribution >= 0.6 is 0 Å². The number of carboxylic acid groups (broad SMARTS) is 1. The Hall–Kier alpha value is -6.89. The number of aliphatic hydroxyl groups excluding tert-OH is 2. The smallest absolute Gasteiger partial charge is 0.303 e. The SMILES string of the molecule is CC(C)CCCCCCCCCCC[C@@H]1CC(=O)N[C@@H](CC(N)=O)C(=O)N[C@H](Cc2ccc(O)cc2)C(=O)N[C@H](CC(N)=O)C(=O)N2CCC[C@H]2C(=O)N[C@@H](CCC(=O)O)C(=O)N[C@H](CO)C(=O)N[C@@H]([C@H](C)O)C(=O)N1. The number of fused-ring (bicyclic) bond motifs is 1. The van der Waals surface area contributed by atoms with Crippen LogP contribution in [-0.4, -0.2) is 158 Å². The number of carbonyl (C=O) groups is 11. The zero-order valence-corrected chi connectivity index (χ0v) is 43.8. The second kappa shape index (κ2) is 32.5. The fourth-order valence-corrected chi connectivity index (χ4v) is 9.04. The van der Waals surface area contributed by atoms with Crippen molar-refractivity contribution in [2.45, 2.75) is 197 Å². The van der Waals surface area contributed by atoms with E-state index in [0.717, 1.165) is 43.4 Å². The number of amides is 10. The molecule has 0 unspecified atom stereocenters. The van der Waals surface area contributed by atoms with E-state index in [-0.39, 0.29) is 38.0 Å². The van der Waals surface area contributed by atoms with E-state index < -0.39 is 158 Å². The Labute approximate surface area is 442 Å². The number of carboxylic acids is 1. The van der Waals surface area contributed by atoms with Gasteiger partial charge in [0.15, 0.2) is 0 Å². The van der Waals surface area contributed by atoms with Gasteiger partial charge in [-0.3, -0.25) is 52.7 Å². The number of aromatic hydroxyl groups is 1. The van der Waals surface area contributed by atoms with Crippen molar-refractivity contribution in [2.75, 3.05) is 13.2 Å². The number of hydrogen-bond acceptors (Lipinski definition) is 14. The van der Waals surface area contributed by atoms with Crippen LogP contribution in [0.15, 0.2) is 24.3 Å². The summed E-state index contributed by atoms with van der Waals surface area (Å²) >= 11 is 0. The van der Waals surface area contributed by atoms with Crippen LogP contribution in [0.2, 0.25) is 0 Å². The topological polar surface area (TPSA) is 408 Å². The summed E-state index contributed by atoms with van der Waals surface area (Å²) in [5, 5.41) is 57.5. The largest absolute Gasteiger partial charge is 0.508 e. The van der Waals surface area contributed by atoms with E-state index in [1.54, 1.807) is 0 Å². The second-order valence-electron chi connectivity index (χ2n) is 20.2. The van der Waals surface area contributed by atoms with Crippen LogP contribution in [0.5, 0.6) is 5.75 Å². The highest BCUT2D eigenvalue weighted by Gasteiger charge is 2.41. The number of aliphatic hydroxyl groups is 2. The molecule has 10 amide bonds. The highest BCUT2D eigenvalue weighted by atomic mass is 16.4. The normalized spacial score (nSPS) is 24.3. The van der Waals surface area contributed by atoms with E-state index in [4.69, 9.17) is 11.5 Å². The van der Waals surface area contributed by atoms with Crippen molar-refractivity contribution in [1.82, 2.24) is 42.1 Å². The molecule has 25 heteroatoms. The first-order valence-electron chi connectivity index (χ1n) is 26.3. The lowest BCUT2D eigenvalue weighted by atomic mass is 10.0. The zero-order valence-electron chi connectivity index (χ0n) is 43.8. The number of unbranched alkanes of at least 4 members (excludes halogenated alkanes) is 8. The Morgan fingerprint density at radius 3 is 1.74 bits per heavy atom. The average Bonchev–Trinajstić information content (AvgIpc) is 3.84. The molecule has 0 saturated carbocycles. The molecular formula is C51H80N10O15. The lowest BCUT2D eigenvalue weighted by Crippen LogP contribution is -2.61. The first-order valence-corrected chi connectivity index (χ1v) is 26.3. The van der Waals surface area contributed by atoms with Crippen LogP contribution < -0.4 is 48.7 Å². The Kier molecular flexibility index (Phi) is 27.1. The quantitative estimate of drug-likeness (QED) is 0.0564. The molecule has 15 N–H and O–H groups in total. The summed E-state index contributed by atoms with van der Waals surface area (Å²) in [4.78, 5) is 149. The maximum Gasteiger partial charge on any atom is 0.303 e. The number of nitrogens with one attached hydrogen (secondary N) is 7. The van der Waals surface area contributed by atoms with Crippen molar-refractivity contribution in [3.8, 4) is 5.75 Å². The number of phenolic OH excluding ortho intramolecular Hbond substituents is 1. The molecule has 2 aliphatic heterocycles. The summed E-state index contributed by atoms with van der Waals surface area (Å²) in [5.41, 5.74) is 11.4. The number of aliphatic carboxylic acids is 1. The van der Waals surface area contributed by atoms with E-state index in [9.17, 15) is 73.2 Å². The fraction of sp³-hybridized carbons (Fsp3) is 0.667. The first kappa shape index (κ1) is 63.4. The summed E-state index contributed by atoms with van der Waals surface area (Å²) in [5.74, 6) is -11.3. The van der Waals surface area contributed by atoms with Crippen LogP contribution in [0.25, 0.3) is 0 Å². The molecule has 2 aliphatic rings. The van der Waals surface area contributed by atoms with E-state index in [1.165, 1.54) is 44.0 Å². The molecule has 424 valence electrons. The van der Waals surface area contributed by atoms with Gasteiger partial charge in [0.1, 0.15) is 48.0 Å². The summed E-state index contributed by atoms with van der Waals surface area (Å²) < 4.78 is 0. The number of carbonyl (C=O) groups excluding carboxylic acids is 10. The van der Waals surface area contributed by atoms with Gasteiger partial charge in [0.05, 0.1) is 25.6 Å². The molecule has 9 atom stereocenters. The van der Waals surface area contributed by atoms with Crippen LogP contribution in [0, 0.1) is 5.92 Å². The van der Waals surface area contributed by atoms with Gasteiger partial charge >= 0.3 is 5.97 Å². The Bertz CT molecular complexity index is 2160. The fourth-order valence-electron chi connectivity index (χ4n) is 9.04. The van der Waals surface area contributed by atoms with Crippen LogP contribution in [0.4, 0.5) is 0 Å². The number of nitrogens with two attached hydrogens (primary N) is 2. The monoisotopic (exact) mass is 1070 g/mol. The third-order valence-corrected chi connectivity index (χ3v) is 13.2. The number of benzene rings is 1. The van der Waals surface area contributed by atoms with Crippen molar-refractivity contribution in [3.63, 3.8) is 0 Å². The van der Waals surface area contributed by atoms with Gasteiger partial charge in [0, 0.05) is 31.8 Å². The van der Waals surface area contributed by atoms with Crippen LogP contribution in [-0.2, 0) is 59.2 Å². The Balaban J connectivity index is 2.07. The van der Waals surface area contributed by atoms with Gasteiger partial charge in [0.25, 0.3) is 0 Å². The minimum Gasteiger partial charge on any atom is -0.508 e. The average molecular weight is 1070 g/mol. The van der Waals surface area contributed by atoms with E-state index in [0.29, 0.717) is 24.3 Å². The number of nitrogens with zero attached hydrogens (tertiary/aromatic N) is 1. The van der Waals surface area contributed by atoms with Crippen molar-refractivity contribution in [1.29, 1.82) is 0 Å². The maximum atomic E-state index is 14.3. The summed E-state index contributed by atoms with van der Waals surface area (Å²) in [6.07, 6.45) is 4.85. The number of phenols is 1. The lowest BCUT2D eigenvalue weighted by Gasteiger charge is -2.30. The van der Waals surface area contributed by atoms with Crippen molar-refractivity contribution in [2.24, 2.45) is 17.4 Å². The molecule has 1 aromatic carbocycles. The molecule has 2 saturated heterocycles. The molecular weight excluding hydrogens is 993 g/mol. The predicted octanol–water partition coefficient (Wildman–Crippen LogP) is -1.34. The van der Waals surface area contributed by atoms with E-state index in [1.807, 2.05) is 0 Å². The van der Waals surface area contributed by atoms with Crippen LogP contribution in [0.3, 0.4) is 0 Å². The highest BCUT2D eigenvalue weighted by molar-refractivity contribution is 6.00.